The first-order valence-corrected chi connectivity index (χ1v) is 6.31. The Morgan fingerprint density at radius 2 is 1.79 bits per heavy atom. The molecule has 0 amide bonds. The minimum atomic E-state index is 0.0152. The Kier molecular flexibility index (Phi) is 3.42. The summed E-state index contributed by atoms with van der Waals surface area (Å²) in [5, 5.41) is 8.58. The smallest absolute Gasteiger partial charge is 0.155 e. The standard InChI is InChI=1S/C15H20N4/c1-15(2,3)13-8-9-14(18-17-13)19(4)12-7-5-6-11(16)10-12/h5-10H,16H2,1-4H3. The monoisotopic (exact) mass is 256 g/mol. The quantitative estimate of drug-likeness (QED) is 0.839. The minimum absolute atomic E-state index is 0.0152. The molecule has 2 aromatic rings. The van der Waals surface area contributed by atoms with E-state index in [0.29, 0.717) is 0 Å². The maximum atomic E-state index is 5.79. The molecule has 0 spiro atoms. The van der Waals surface area contributed by atoms with E-state index in [-0.39, 0.29) is 5.41 Å². The van der Waals surface area contributed by atoms with Gasteiger partial charge in [-0.15, -0.1) is 5.10 Å². The fraction of sp³-hybridized carbons (Fsp3) is 0.333. The third-order valence-corrected chi connectivity index (χ3v) is 3.02. The Balaban J connectivity index is 2.27. The highest BCUT2D eigenvalue weighted by molar-refractivity contribution is 5.63. The lowest BCUT2D eigenvalue weighted by molar-refractivity contribution is 0.558. The van der Waals surface area contributed by atoms with Gasteiger partial charge in [0.25, 0.3) is 0 Å². The van der Waals surface area contributed by atoms with Gasteiger partial charge in [0.1, 0.15) is 0 Å². The molecule has 0 fully saturated rings. The fourth-order valence-electron chi connectivity index (χ4n) is 1.77. The van der Waals surface area contributed by atoms with E-state index >= 15 is 0 Å². The Hall–Kier alpha value is -2.10. The molecule has 0 unspecified atom stereocenters. The van der Waals surface area contributed by atoms with Crippen molar-refractivity contribution >= 4 is 17.2 Å². The number of rotatable bonds is 2. The molecule has 1 aromatic heterocycles. The zero-order chi connectivity index (χ0) is 14.0. The second-order valence-corrected chi connectivity index (χ2v) is 5.68. The Morgan fingerprint density at radius 1 is 1.05 bits per heavy atom. The highest BCUT2D eigenvalue weighted by atomic mass is 15.2. The molecular weight excluding hydrogens is 236 g/mol. The van der Waals surface area contributed by atoms with Gasteiger partial charge >= 0.3 is 0 Å². The van der Waals surface area contributed by atoms with Crippen molar-refractivity contribution in [2.75, 3.05) is 17.7 Å². The van der Waals surface area contributed by atoms with Gasteiger partial charge in [-0.25, -0.2) is 0 Å². The van der Waals surface area contributed by atoms with Crippen LogP contribution >= 0.6 is 0 Å². The molecule has 0 saturated heterocycles. The van der Waals surface area contributed by atoms with E-state index in [2.05, 4.69) is 31.0 Å². The Labute approximate surface area is 114 Å². The van der Waals surface area contributed by atoms with Gasteiger partial charge in [0.15, 0.2) is 5.82 Å². The number of benzene rings is 1. The minimum Gasteiger partial charge on any atom is -0.399 e. The highest BCUT2D eigenvalue weighted by Gasteiger charge is 2.16. The number of aromatic nitrogens is 2. The first kappa shape index (κ1) is 13.3. The number of anilines is 3. The first-order valence-electron chi connectivity index (χ1n) is 6.31. The number of hydrogen-bond donors (Lipinski definition) is 1. The van der Waals surface area contributed by atoms with Gasteiger partial charge in [-0.05, 0) is 30.3 Å². The molecule has 100 valence electrons. The summed E-state index contributed by atoms with van der Waals surface area (Å²) in [7, 11) is 1.95. The summed E-state index contributed by atoms with van der Waals surface area (Å²) in [4.78, 5) is 1.97. The summed E-state index contributed by atoms with van der Waals surface area (Å²) >= 11 is 0. The first-order chi connectivity index (χ1) is 8.88. The maximum Gasteiger partial charge on any atom is 0.155 e. The van der Waals surface area contributed by atoms with E-state index in [9.17, 15) is 0 Å². The largest absolute Gasteiger partial charge is 0.399 e. The van der Waals surface area contributed by atoms with Gasteiger partial charge in [-0.1, -0.05) is 26.8 Å². The topological polar surface area (TPSA) is 55.0 Å². The molecule has 0 atom stereocenters. The molecule has 1 heterocycles. The van der Waals surface area contributed by atoms with Crippen LogP contribution in [0.3, 0.4) is 0 Å². The normalized spacial score (nSPS) is 11.4. The Bertz CT molecular complexity index is 555. The van der Waals surface area contributed by atoms with Gasteiger partial charge in [-0.2, -0.15) is 5.10 Å². The lowest BCUT2D eigenvalue weighted by Gasteiger charge is -2.20. The van der Waals surface area contributed by atoms with E-state index in [4.69, 9.17) is 5.73 Å². The van der Waals surface area contributed by atoms with Crippen LogP contribution in [0.4, 0.5) is 17.2 Å². The molecule has 4 heteroatoms. The lowest BCUT2D eigenvalue weighted by Crippen LogP contribution is -2.17. The van der Waals surface area contributed by atoms with Crippen molar-refractivity contribution in [3.8, 4) is 0 Å². The summed E-state index contributed by atoms with van der Waals surface area (Å²) < 4.78 is 0. The van der Waals surface area contributed by atoms with Gasteiger partial charge in [0, 0.05) is 23.8 Å². The number of nitrogen functional groups attached to an aromatic ring is 1. The van der Waals surface area contributed by atoms with Gasteiger partial charge < -0.3 is 10.6 Å². The zero-order valence-corrected chi connectivity index (χ0v) is 11.9. The average Bonchev–Trinajstić information content (AvgIpc) is 2.37. The van der Waals surface area contributed by atoms with Crippen molar-refractivity contribution < 1.29 is 0 Å². The molecular formula is C15H20N4. The zero-order valence-electron chi connectivity index (χ0n) is 11.9. The van der Waals surface area contributed by atoms with Crippen molar-refractivity contribution in [1.82, 2.24) is 10.2 Å². The predicted molar refractivity (Wildman–Crippen MR) is 79.6 cm³/mol. The second kappa shape index (κ2) is 4.88. The van der Waals surface area contributed by atoms with Crippen molar-refractivity contribution in [3.63, 3.8) is 0 Å². The molecule has 0 saturated carbocycles. The molecule has 0 radical (unpaired) electrons. The molecule has 0 bridgehead atoms. The van der Waals surface area contributed by atoms with Crippen molar-refractivity contribution in [3.05, 3.63) is 42.1 Å². The van der Waals surface area contributed by atoms with E-state index in [1.807, 2.05) is 48.3 Å². The number of nitrogens with zero attached hydrogens (tertiary/aromatic N) is 3. The van der Waals surface area contributed by atoms with Crippen molar-refractivity contribution in [2.24, 2.45) is 0 Å². The number of hydrogen-bond acceptors (Lipinski definition) is 4. The SMILES string of the molecule is CN(c1cccc(N)c1)c1ccc(C(C)(C)C)nn1. The predicted octanol–water partition coefficient (Wildman–Crippen LogP) is 3.12. The van der Waals surface area contributed by atoms with Crippen LogP contribution in [0.15, 0.2) is 36.4 Å². The van der Waals surface area contributed by atoms with E-state index < -0.39 is 0 Å². The molecule has 2 rings (SSSR count). The third-order valence-electron chi connectivity index (χ3n) is 3.02. The lowest BCUT2D eigenvalue weighted by atomic mass is 9.92. The molecule has 0 aliphatic carbocycles. The highest BCUT2D eigenvalue weighted by Crippen LogP contribution is 2.25. The van der Waals surface area contributed by atoms with Crippen LogP contribution in [0, 0.1) is 0 Å². The van der Waals surface area contributed by atoms with Crippen molar-refractivity contribution in [1.29, 1.82) is 0 Å². The Morgan fingerprint density at radius 3 is 2.32 bits per heavy atom. The summed E-state index contributed by atoms with van der Waals surface area (Å²) in [6, 6.07) is 11.7. The van der Waals surface area contributed by atoms with Crippen LogP contribution in [-0.4, -0.2) is 17.2 Å². The van der Waals surface area contributed by atoms with Crippen LogP contribution in [0.5, 0.6) is 0 Å². The van der Waals surface area contributed by atoms with Gasteiger partial charge in [-0.3, -0.25) is 0 Å². The maximum absolute atomic E-state index is 5.79. The molecule has 4 nitrogen and oxygen atoms in total. The van der Waals surface area contributed by atoms with Crippen LogP contribution in [0.2, 0.25) is 0 Å². The average molecular weight is 256 g/mol. The fourth-order valence-corrected chi connectivity index (χ4v) is 1.77. The van der Waals surface area contributed by atoms with Gasteiger partial charge in [0.2, 0.25) is 0 Å². The third kappa shape index (κ3) is 3.02. The summed E-state index contributed by atoms with van der Waals surface area (Å²) in [6.07, 6.45) is 0. The molecule has 0 aliphatic rings. The van der Waals surface area contributed by atoms with E-state index in [0.717, 1.165) is 22.9 Å². The van der Waals surface area contributed by atoms with Gasteiger partial charge in [0.05, 0.1) is 5.69 Å². The second-order valence-electron chi connectivity index (χ2n) is 5.68. The summed E-state index contributed by atoms with van der Waals surface area (Å²) in [6.45, 7) is 6.37. The molecule has 19 heavy (non-hydrogen) atoms. The molecule has 0 aliphatic heterocycles. The van der Waals surface area contributed by atoms with E-state index in [1.54, 1.807) is 0 Å². The molecule has 2 N–H and O–H groups in total. The van der Waals surface area contributed by atoms with Crippen LogP contribution < -0.4 is 10.6 Å². The van der Waals surface area contributed by atoms with Crippen LogP contribution in [0.25, 0.3) is 0 Å². The van der Waals surface area contributed by atoms with Crippen molar-refractivity contribution in [2.45, 2.75) is 26.2 Å². The summed E-state index contributed by atoms with van der Waals surface area (Å²) in [5.41, 5.74) is 8.53. The number of nitrogens with two attached hydrogens (primary N) is 1. The van der Waals surface area contributed by atoms with Crippen LogP contribution in [-0.2, 0) is 5.41 Å². The van der Waals surface area contributed by atoms with E-state index in [1.165, 1.54) is 0 Å². The van der Waals surface area contributed by atoms with Crippen LogP contribution in [0.1, 0.15) is 26.5 Å². The molecule has 1 aromatic carbocycles. The summed E-state index contributed by atoms with van der Waals surface area (Å²) in [5.74, 6) is 0.804.